The van der Waals surface area contributed by atoms with E-state index >= 15 is 0 Å². The lowest BCUT2D eigenvalue weighted by Crippen LogP contribution is -2.45. The van der Waals surface area contributed by atoms with Crippen LogP contribution in [0.2, 0.25) is 0 Å². The van der Waals surface area contributed by atoms with Crippen LogP contribution < -0.4 is 20.3 Å². The molecule has 1 aromatic rings. The van der Waals surface area contributed by atoms with Crippen molar-refractivity contribution in [1.82, 2.24) is 10.9 Å². The fourth-order valence-electron chi connectivity index (χ4n) is 2.95. The summed E-state index contributed by atoms with van der Waals surface area (Å²) in [5.41, 5.74) is 6.03. The lowest BCUT2D eigenvalue weighted by molar-refractivity contribution is -0.131. The van der Waals surface area contributed by atoms with Gasteiger partial charge in [-0.25, -0.2) is 0 Å². The van der Waals surface area contributed by atoms with Crippen LogP contribution in [0.5, 0.6) is 11.5 Å². The van der Waals surface area contributed by atoms with Crippen LogP contribution in [-0.4, -0.2) is 26.0 Å². The molecular formula is C18H26N2O4. The number of nitrogens with one attached hydrogen (secondary N) is 2. The molecule has 2 rings (SSSR count). The van der Waals surface area contributed by atoms with Crippen LogP contribution >= 0.6 is 0 Å². The molecule has 0 radical (unpaired) electrons. The highest BCUT2D eigenvalue weighted by atomic mass is 16.5. The average Bonchev–Trinajstić information content (AvgIpc) is 2.64. The van der Waals surface area contributed by atoms with Gasteiger partial charge in [0, 0.05) is 12.3 Å². The van der Waals surface area contributed by atoms with Gasteiger partial charge in [0.2, 0.25) is 11.8 Å². The summed E-state index contributed by atoms with van der Waals surface area (Å²) in [5.74, 6) is 1.06. The molecule has 0 heterocycles. The van der Waals surface area contributed by atoms with Gasteiger partial charge in [0.15, 0.2) is 11.5 Å². The van der Waals surface area contributed by atoms with Gasteiger partial charge in [0.25, 0.3) is 0 Å². The van der Waals surface area contributed by atoms with Crippen LogP contribution in [0.3, 0.4) is 0 Å². The molecule has 0 atom stereocenters. The first-order valence-corrected chi connectivity index (χ1v) is 8.43. The Kier molecular flexibility index (Phi) is 6.90. The Labute approximate surface area is 142 Å². The van der Waals surface area contributed by atoms with Crippen molar-refractivity contribution in [2.24, 2.45) is 5.92 Å². The Morgan fingerprint density at radius 3 is 2.42 bits per heavy atom. The van der Waals surface area contributed by atoms with Crippen molar-refractivity contribution in [2.45, 2.75) is 44.9 Å². The summed E-state index contributed by atoms with van der Waals surface area (Å²) in [6.07, 6.45) is 6.05. The molecule has 6 heteroatoms. The van der Waals surface area contributed by atoms with Gasteiger partial charge in [-0.3, -0.25) is 20.4 Å². The number of hydrazine groups is 1. The van der Waals surface area contributed by atoms with Gasteiger partial charge in [-0.2, -0.15) is 0 Å². The van der Waals surface area contributed by atoms with Crippen LogP contribution in [0.15, 0.2) is 18.2 Å². The van der Waals surface area contributed by atoms with E-state index in [0.717, 1.165) is 31.2 Å². The minimum Gasteiger partial charge on any atom is -0.493 e. The summed E-state index contributed by atoms with van der Waals surface area (Å²) < 4.78 is 10.4. The van der Waals surface area contributed by atoms with Gasteiger partial charge in [0.1, 0.15) is 0 Å². The molecule has 2 amide bonds. The summed E-state index contributed by atoms with van der Waals surface area (Å²) in [7, 11) is 3.16. The zero-order chi connectivity index (χ0) is 17.4. The third kappa shape index (κ3) is 5.15. The predicted molar refractivity (Wildman–Crippen MR) is 90.7 cm³/mol. The third-order valence-electron chi connectivity index (χ3n) is 4.39. The van der Waals surface area contributed by atoms with Crippen molar-refractivity contribution in [3.63, 3.8) is 0 Å². The van der Waals surface area contributed by atoms with Gasteiger partial charge < -0.3 is 9.47 Å². The number of hydrogen-bond donors (Lipinski definition) is 2. The lowest BCUT2D eigenvalue weighted by atomic mass is 9.89. The summed E-state index contributed by atoms with van der Waals surface area (Å²) in [6, 6.07) is 5.57. The molecule has 0 aliphatic heterocycles. The molecule has 24 heavy (non-hydrogen) atoms. The number of hydrogen-bond acceptors (Lipinski definition) is 4. The van der Waals surface area contributed by atoms with Gasteiger partial charge in [-0.05, 0) is 37.0 Å². The second-order valence-corrected chi connectivity index (χ2v) is 6.06. The van der Waals surface area contributed by atoms with E-state index in [4.69, 9.17) is 9.47 Å². The number of amides is 2. The summed E-state index contributed by atoms with van der Waals surface area (Å²) >= 11 is 0. The number of aryl methyl sites for hydroxylation is 1. The van der Waals surface area contributed by atoms with E-state index < -0.39 is 0 Å². The minimum absolute atomic E-state index is 0.0323. The Morgan fingerprint density at radius 2 is 1.75 bits per heavy atom. The summed E-state index contributed by atoms with van der Waals surface area (Å²) in [5, 5.41) is 0. The van der Waals surface area contributed by atoms with E-state index in [2.05, 4.69) is 10.9 Å². The SMILES string of the molecule is COc1ccc(CCC(=O)NNC(=O)C2CCCCC2)cc1OC. The second-order valence-electron chi connectivity index (χ2n) is 6.06. The molecule has 1 aromatic carbocycles. The molecule has 2 N–H and O–H groups in total. The summed E-state index contributed by atoms with van der Waals surface area (Å²) in [6.45, 7) is 0. The van der Waals surface area contributed by atoms with Crippen LogP contribution in [-0.2, 0) is 16.0 Å². The fraction of sp³-hybridized carbons (Fsp3) is 0.556. The zero-order valence-corrected chi connectivity index (χ0v) is 14.4. The van der Waals surface area contributed by atoms with Gasteiger partial charge in [-0.15, -0.1) is 0 Å². The van der Waals surface area contributed by atoms with Crippen molar-refractivity contribution in [2.75, 3.05) is 14.2 Å². The summed E-state index contributed by atoms with van der Waals surface area (Å²) in [4.78, 5) is 23.9. The maximum Gasteiger partial charge on any atom is 0.241 e. The average molecular weight is 334 g/mol. The van der Waals surface area contributed by atoms with Crippen LogP contribution in [0.25, 0.3) is 0 Å². The molecule has 132 valence electrons. The molecule has 0 unspecified atom stereocenters. The topological polar surface area (TPSA) is 76.7 Å². The number of carbonyl (C=O) groups excluding carboxylic acids is 2. The normalized spacial score (nSPS) is 14.8. The van der Waals surface area contributed by atoms with E-state index in [0.29, 0.717) is 24.3 Å². The van der Waals surface area contributed by atoms with Gasteiger partial charge >= 0.3 is 0 Å². The monoisotopic (exact) mass is 334 g/mol. The van der Waals surface area contributed by atoms with Crippen molar-refractivity contribution < 1.29 is 19.1 Å². The maximum absolute atomic E-state index is 12.0. The van der Waals surface area contributed by atoms with Gasteiger partial charge in [0.05, 0.1) is 14.2 Å². The lowest BCUT2D eigenvalue weighted by Gasteiger charge is -2.20. The van der Waals surface area contributed by atoms with Crippen LogP contribution in [0.1, 0.15) is 44.1 Å². The minimum atomic E-state index is -0.200. The van der Waals surface area contributed by atoms with Crippen molar-refractivity contribution in [3.05, 3.63) is 23.8 Å². The number of ether oxygens (including phenoxy) is 2. The number of rotatable bonds is 6. The van der Waals surface area contributed by atoms with Crippen LogP contribution in [0, 0.1) is 5.92 Å². The number of methoxy groups -OCH3 is 2. The van der Waals surface area contributed by atoms with E-state index in [9.17, 15) is 9.59 Å². The third-order valence-corrected chi connectivity index (χ3v) is 4.39. The molecular weight excluding hydrogens is 308 g/mol. The number of carbonyl (C=O) groups is 2. The first-order chi connectivity index (χ1) is 11.6. The molecule has 1 fully saturated rings. The highest BCUT2D eigenvalue weighted by molar-refractivity contribution is 5.83. The van der Waals surface area contributed by atoms with E-state index in [1.54, 1.807) is 14.2 Å². The predicted octanol–water partition coefficient (Wildman–Crippen LogP) is 2.36. The fourth-order valence-corrected chi connectivity index (χ4v) is 2.95. The second kappa shape index (κ2) is 9.15. The molecule has 1 aliphatic rings. The molecule has 1 aliphatic carbocycles. The Hall–Kier alpha value is -2.24. The zero-order valence-electron chi connectivity index (χ0n) is 14.4. The molecule has 0 aromatic heterocycles. The molecule has 0 spiro atoms. The van der Waals surface area contributed by atoms with Crippen molar-refractivity contribution in [3.8, 4) is 11.5 Å². The Morgan fingerprint density at radius 1 is 1.04 bits per heavy atom. The molecule has 0 bridgehead atoms. The Bertz CT molecular complexity index is 568. The van der Waals surface area contributed by atoms with E-state index in [1.807, 2.05) is 18.2 Å². The quantitative estimate of drug-likeness (QED) is 0.783. The first kappa shape index (κ1) is 18.1. The van der Waals surface area contributed by atoms with E-state index in [1.165, 1.54) is 6.42 Å². The highest BCUT2D eigenvalue weighted by Gasteiger charge is 2.21. The standard InChI is InChI=1S/C18H26N2O4/c1-23-15-10-8-13(12-16(15)24-2)9-11-17(21)19-20-18(22)14-6-4-3-5-7-14/h8,10,12,14H,3-7,9,11H2,1-2H3,(H,19,21)(H,20,22). The van der Waals surface area contributed by atoms with Gasteiger partial charge in [-0.1, -0.05) is 25.3 Å². The largest absolute Gasteiger partial charge is 0.493 e. The first-order valence-electron chi connectivity index (χ1n) is 8.43. The smallest absolute Gasteiger partial charge is 0.241 e. The molecule has 1 saturated carbocycles. The maximum atomic E-state index is 12.0. The Balaban J connectivity index is 1.75. The van der Waals surface area contributed by atoms with Crippen molar-refractivity contribution in [1.29, 1.82) is 0 Å². The number of benzene rings is 1. The van der Waals surface area contributed by atoms with E-state index in [-0.39, 0.29) is 17.7 Å². The molecule has 6 nitrogen and oxygen atoms in total. The highest BCUT2D eigenvalue weighted by Crippen LogP contribution is 2.28. The van der Waals surface area contributed by atoms with Crippen LogP contribution in [0.4, 0.5) is 0 Å². The van der Waals surface area contributed by atoms with Crippen molar-refractivity contribution >= 4 is 11.8 Å². The molecule has 0 saturated heterocycles.